The first-order chi connectivity index (χ1) is 12.0. The molecule has 7 nitrogen and oxygen atoms in total. The van der Waals surface area contributed by atoms with Crippen molar-refractivity contribution in [2.75, 3.05) is 13.1 Å². The molecule has 0 amide bonds. The first-order valence-electron chi connectivity index (χ1n) is 7.55. The van der Waals surface area contributed by atoms with Crippen LogP contribution in [-0.4, -0.2) is 40.9 Å². The number of halogens is 1. The SMILES string of the molecule is O=S(=O)(c1ccc(Br)cc1)N1CC(c2nc(-c3ccccn3)no2)C1. The second-order valence-corrected chi connectivity index (χ2v) is 8.50. The van der Waals surface area contributed by atoms with Gasteiger partial charge in [-0.05, 0) is 36.4 Å². The third-order valence-electron chi connectivity index (χ3n) is 3.98. The summed E-state index contributed by atoms with van der Waals surface area (Å²) < 4.78 is 32.6. The molecular weight excluding hydrogens is 408 g/mol. The third-order valence-corrected chi connectivity index (χ3v) is 6.36. The van der Waals surface area contributed by atoms with Gasteiger partial charge in [0.2, 0.25) is 21.7 Å². The molecule has 1 aromatic carbocycles. The van der Waals surface area contributed by atoms with Crippen LogP contribution in [-0.2, 0) is 10.0 Å². The van der Waals surface area contributed by atoms with Gasteiger partial charge in [0.15, 0.2) is 0 Å². The first kappa shape index (κ1) is 16.4. The zero-order valence-electron chi connectivity index (χ0n) is 12.9. The summed E-state index contributed by atoms with van der Waals surface area (Å²) in [7, 11) is -3.49. The van der Waals surface area contributed by atoms with E-state index in [1.165, 1.54) is 4.31 Å². The Kier molecular flexibility index (Phi) is 4.14. The fourth-order valence-electron chi connectivity index (χ4n) is 2.55. The second-order valence-electron chi connectivity index (χ2n) is 5.64. The van der Waals surface area contributed by atoms with Crippen LogP contribution >= 0.6 is 15.9 Å². The number of pyridine rings is 1. The van der Waals surface area contributed by atoms with Crippen molar-refractivity contribution in [3.8, 4) is 11.5 Å². The van der Waals surface area contributed by atoms with Gasteiger partial charge in [-0.25, -0.2) is 8.42 Å². The topological polar surface area (TPSA) is 89.2 Å². The summed E-state index contributed by atoms with van der Waals surface area (Å²) in [5.41, 5.74) is 0.621. The largest absolute Gasteiger partial charge is 0.339 e. The average molecular weight is 421 g/mol. The Bertz CT molecular complexity index is 984. The summed E-state index contributed by atoms with van der Waals surface area (Å²) in [6.45, 7) is 0.643. The highest BCUT2D eigenvalue weighted by Gasteiger charge is 2.40. The second kappa shape index (κ2) is 6.32. The number of sulfonamides is 1. The summed E-state index contributed by atoms with van der Waals surface area (Å²) in [6.07, 6.45) is 1.65. The Morgan fingerprint density at radius 3 is 2.56 bits per heavy atom. The van der Waals surface area contributed by atoms with Crippen molar-refractivity contribution in [2.45, 2.75) is 10.8 Å². The maximum Gasteiger partial charge on any atom is 0.243 e. The molecule has 1 aliphatic heterocycles. The Labute approximate surface area is 152 Å². The van der Waals surface area contributed by atoms with Crippen LogP contribution in [0.25, 0.3) is 11.5 Å². The van der Waals surface area contributed by atoms with E-state index in [1.54, 1.807) is 42.6 Å². The van der Waals surface area contributed by atoms with Crippen molar-refractivity contribution in [2.24, 2.45) is 0 Å². The molecule has 0 N–H and O–H groups in total. The number of aromatic nitrogens is 3. The molecule has 0 bridgehead atoms. The van der Waals surface area contributed by atoms with Crippen LogP contribution < -0.4 is 0 Å². The van der Waals surface area contributed by atoms with Crippen LogP contribution in [0, 0.1) is 0 Å². The van der Waals surface area contributed by atoms with E-state index in [1.807, 2.05) is 6.07 Å². The molecule has 4 rings (SSSR count). The van der Waals surface area contributed by atoms with Gasteiger partial charge in [0.05, 0.1) is 10.8 Å². The molecular formula is C16H13BrN4O3S. The number of hydrogen-bond acceptors (Lipinski definition) is 6. The molecule has 25 heavy (non-hydrogen) atoms. The highest BCUT2D eigenvalue weighted by Crippen LogP contribution is 2.32. The van der Waals surface area contributed by atoms with Crippen LogP contribution in [0.15, 0.2) is 62.6 Å². The Hall–Kier alpha value is -2.10. The van der Waals surface area contributed by atoms with Crippen LogP contribution in [0.4, 0.5) is 0 Å². The van der Waals surface area contributed by atoms with Gasteiger partial charge in [-0.15, -0.1) is 0 Å². The van der Waals surface area contributed by atoms with Gasteiger partial charge in [0, 0.05) is 23.8 Å². The molecule has 0 spiro atoms. The van der Waals surface area contributed by atoms with Gasteiger partial charge >= 0.3 is 0 Å². The first-order valence-corrected chi connectivity index (χ1v) is 9.78. The molecule has 3 aromatic rings. The molecule has 0 saturated carbocycles. The minimum atomic E-state index is -3.49. The predicted octanol–water partition coefficient (Wildman–Crippen LogP) is 2.68. The van der Waals surface area contributed by atoms with Gasteiger partial charge in [-0.1, -0.05) is 27.2 Å². The zero-order chi connectivity index (χ0) is 17.4. The van der Waals surface area contributed by atoms with Gasteiger partial charge in [-0.2, -0.15) is 9.29 Å². The predicted molar refractivity (Wildman–Crippen MR) is 93.2 cm³/mol. The van der Waals surface area contributed by atoms with Crippen LogP contribution in [0.5, 0.6) is 0 Å². The summed E-state index contributed by atoms with van der Waals surface area (Å²) >= 11 is 3.30. The highest BCUT2D eigenvalue weighted by molar-refractivity contribution is 9.10. The molecule has 0 unspecified atom stereocenters. The van der Waals surface area contributed by atoms with Crippen molar-refractivity contribution in [3.63, 3.8) is 0 Å². The molecule has 128 valence electrons. The van der Waals surface area contributed by atoms with Crippen LogP contribution in [0.3, 0.4) is 0 Å². The minimum absolute atomic E-state index is 0.102. The quantitative estimate of drug-likeness (QED) is 0.644. The van der Waals surface area contributed by atoms with Crippen molar-refractivity contribution in [3.05, 3.63) is 59.0 Å². The summed E-state index contributed by atoms with van der Waals surface area (Å²) in [5.74, 6) is 0.739. The average Bonchev–Trinajstić information content (AvgIpc) is 3.04. The Balaban J connectivity index is 1.47. The third kappa shape index (κ3) is 3.10. The van der Waals surface area contributed by atoms with E-state index in [9.17, 15) is 8.42 Å². The molecule has 1 fully saturated rings. The van der Waals surface area contributed by atoms with E-state index in [0.29, 0.717) is 30.5 Å². The van der Waals surface area contributed by atoms with E-state index in [0.717, 1.165) is 4.47 Å². The number of benzene rings is 1. The normalized spacial score (nSPS) is 15.9. The van der Waals surface area contributed by atoms with E-state index >= 15 is 0 Å². The highest BCUT2D eigenvalue weighted by atomic mass is 79.9. The maximum atomic E-state index is 12.6. The number of rotatable bonds is 4. The lowest BCUT2D eigenvalue weighted by Crippen LogP contribution is -2.48. The van der Waals surface area contributed by atoms with Crippen molar-refractivity contribution >= 4 is 26.0 Å². The minimum Gasteiger partial charge on any atom is -0.339 e. The fourth-order valence-corrected chi connectivity index (χ4v) is 4.34. The molecule has 2 aromatic heterocycles. The summed E-state index contributed by atoms with van der Waals surface area (Å²) in [4.78, 5) is 8.78. The lowest BCUT2D eigenvalue weighted by molar-refractivity contribution is 0.217. The van der Waals surface area contributed by atoms with Crippen LogP contribution in [0.2, 0.25) is 0 Å². The molecule has 3 heterocycles. The number of nitrogens with zero attached hydrogens (tertiary/aromatic N) is 4. The van der Waals surface area contributed by atoms with Gasteiger partial charge in [-0.3, -0.25) is 4.98 Å². The fraction of sp³-hybridized carbons (Fsp3) is 0.188. The molecule has 0 radical (unpaired) electrons. The monoisotopic (exact) mass is 420 g/mol. The van der Waals surface area contributed by atoms with E-state index in [4.69, 9.17) is 4.52 Å². The molecule has 1 saturated heterocycles. The lowest BCUT2D eigenvalue weighted by atomic mass is 10.0. The molecule has 9 heteroatoms. The number of hydrogen-bond donors (Lipinski definition) is 0. The maximum absolute atomic E-state index is 12.6. The molecule has 1 aliphatic rings. The van der Waals surface area contributed by atoms with E-state index in [2.05, 4.69) is 31.1 Å². The van der Waals surface area contributed by atoms with Crippen molar-refractivity contribution in [1.29, 1.82) is 0 Å². The zero-order valence-corrected chi connectivity index (χ0v) is 15.3. The smallest absolute Gasteiger partial charge is 0.243 e. The van der Waals surface area contributed by atoms with Gasteiger partial charge in [0.25, 0.3) is 0 Å². The summed E-state index contributed by atoms with van der Waals surface area (Å²) in [5, 5.41) is 3.92. The van der Waals surface area contributed by atoms with E-state index in [-0.39, 0.29) is 10.8 Å². The van der Waals surface area contributed by atoms with Crippen molar-refractivity contribution < 1.29 is 12.9 Å². The summed E-state index contributed by atoms with van der Waals surface area (Å²) in [6, 6.07) is 12.0. The van der Waals surface area contributed by atoms with Gasteiger partial charge in [0.1, 0.15) is 5.69 Å². The Morgan fingerprint density at radius 2 is 1.88 bits per heavy atom. The van der Waals surface area contributed by atoms with Crippen molar-refractivity contribution in [1.82, 2.24) is 19.4 Å². The molecule has 0 atom stereocenters. The van der Waals surface area contributed by atoms with Crippen LogP contribution in [0.1, 0.15) is 11.8 Å². The van der Waals surface area contributed by atoms with Gasteiger partial charge < -0.3 is 4.52 Å². The molecule has 0 aliphatic carbocycles. The lowest BCUT2D eigenvalue weighted by Gasteiger charge is -2.35. The van der Waals surface area contributed by atoms with E-state index < -0.39 is 10.0 Å². The Morgan fingerprint density at radius 1 is 1.12 bits per heavy atom. The standard InChI is InChI=1S/C16H13BrN4O3S/c17-12-4-6-13(7-5-12)25(22,23)21-9-11(10-21)16-19-15(20-24-16)14-3-1-2-8-18-14/h1-8,11H,9-10H2.